The minimum Gasteiger partial charge on any atom is -0.394 e. The van der Waals surface area contributed by atoms with Crippen LogP contribution < -0.4 is 5.32 Å². The number of aliphatic hydroxyl groups excluding tert-OH is 11. The van der Waals surface area contributed by atoms with Crippen LogP contribution in [0.2, 0.25) is 0 Å². The number of unbranched alkanes of at least 4 members (excludes halogenated alkanes) is 42. The standard InChI is InChI=1S/C70H135NO18/c1-3-5-7-9-11-12-13-14-15-16-17-18-19-20-21-22-23-24-25-26-27-28-29-30-31-32-33-34-35-36-37-38-39-40-41-42-44-46-48-58(76)71-53(54(75)47-45-43-10-8-6-4-2)52-84-68-64(82)61(79)66(56(50-73)86-68)89-70-65(83)62(80)67(57(51-74)87-70)88-69-63(81)60(78)59(77)55(49-72)85-69/h53-57,59-70,72-75,77-83H,3-52H2,1-2H3,(H,71,76). The second-order valence-corrected chi connectivity index (χ2v) is 26.8. The fraction of sp³-hybridized carbons (Fsp3) is 0.986. The van der Waals surface area contributed by atoms with Crippen molar-refractivity contribution in [3.8, 4) is 0 Å². The summed E-state index contributed by atoms with van der Waals surface area (Å²) in [4.78, 5) is 13.3. The Bertz CT molecular complexity index is 1620. The molecular weight excluding hydrogens is 1140 g/mol. The lowest BCUT2D eigenvalue weighted by Crippen LogP contribution is -2.66. The summed E-state index contributed by atoms with van der Waals surface area (Å²) in [5, 5.41) is 120. The van der Waals surface area contributed by atoms with Crippen LogP contribution in [0.15, 0.2) is 0 Å². The molecule has 0 saturated carbocycles. The molecule has 19 nitrogen and oxygen atoms in total. The number of rotatable bonds is 58. The van der Waals surface area contributed by atoms with E-state index >= 15 is 0 Å². The van der Waals surface area contributed by atoms with Gasteiger partial charge in [0.25, 0.3) is 0 Å². The number of nitrogens with one attached hydrogen (secondary N) is 1. The monoisotopic (exact) mass is 1280 g/mol. The number of carbonyl (C=O) groups is 1. The quantitative estimate of drug-likeness (QED) is 0.0252. The van der Waals surface area contributed by atoms with E-state index in [4.69, 9.17) is 28.4 Å². The van der Waals surface area contributed by atoms with Gasteiger partial charge in [-0.2, -0.15) is 0 Å². The molecule has 17 atom stereocenters. The second-order valence-electron chi connectivity index (χ2n) is 26.8. The van der Waals surface area contributed by atoms with E-state index in [0.717, 1.165) is 57.8 Å². The molecule has 0 radical (unpaired) electrons. The van der Waals surface area contributed by atoms with Gasteiger partial charge in [-0.1, -0.05) is 290 Å². The average molecular weight is 1280 g/mol. The maximum absolute atomic E-state index is 13.3. The van der Waals surface area contributed by atoms with Crippen LogP contribution in [0.4, 0.5) is 0 Å². The van der Waals surface area contributed by atoms with Crippen LogP contribution in [0.1, 0.15) is 309 Å². The Kier molecular flexibility index (Phi) is 48.8. The van der Waals surface area contributed by atoms with E-state index in [-0.39, 0.29) is 18.9 Å². The summed E-state index contributed by atoms with van der Waals surface area (Å²) < 4.78 is 34.2. The largest absolute Gasteiger partial charge is 0.394 e. The van der Waals surface area contributed by atoms with E-state index in [1.807, 2.05) is 0 Å². The fourth-order valence-corrected chi connectivity index (χ4v) is 13.0. The van der Waals surface area contributed by atoms with Gasteiger partial charge in [-0.3, -0.25) is 4.79 Å². The first-order valence-electron chi connectivity index (χ1n) is 36.8. The summed E-state index contributed by atoms with van der Waals surface area (Å²) in [5.74, 6) is -0.242. The fourth-order valence-electron chi connectivity index (χ4n) is 13.0. The lowest BCUT2D eigenvalue weighted by atomic mass is 9.96. The van der Waals surface area contributed by atoms with Crippen LogP contribution in [0.3, 0.4) is 0 Å². The third-order valence-corrected chi connectivity index (χ3v) is 18.9. The van der Waals surface area contributed by atoms with Crippen molar-refractivity contribution in [2.24, 2.45) is 0 Å². The van der Waals surface area contributed by atoms with Crippen molar-refractivity contribution in [2.45, 2.75) is 413 Å². The highest BCUT2D eigenvalue weighted by atomic mass is 16.8. The van der Waals surface area contributed by atoms with Gasteiger partial charge < -0.3 is 89.9 Å². The molecule has 3 aliphatic heterocycles. The number of amides is 1. The van der Waals surface area contributed by atoms with Gasteiger partial charge in [-0.15, -0.1) is 0 Å². The van der Waals surface area contributed by atoms with Gasteiger partial charge in [0.15, 0.2) is 18.9 Å². The van der Waals surface area contributed by atoms with Crippen molar-refractivity contribution < 1.29 is 89.4 Å². The molecule has 528 valence electrons. The SMILES string of the molecule is CCCCCCCCCCCCCCCCCCCCCCCCCCCCCCCCCCCCCCCCC(=O)NC(COC1OC(CO)C(OC2OC(CO)C(OC3OC(CO)C(O)C(O)C3O)C(O)C2O)C(O)C1O)C(O)CCCCCCCC. The van der Waals surface area contributed by atoms with Crippen LogP contribution in [0, 0.1) is 0 Å². The van der Waals surface area contributed by atoms with Crippen LogP contribution in [-0.2, 0) is 33.2 Å². The van der Waals surface area contributed by atoms with E-state index < -0.39 is 124 Å². The van der Waals surface area contributed by atoms with Gasteiger partial charge in [0.05, 0.1) is 38.6 Å². The molecule has 0 aliphatic carbocycles. The number of hydrogen-bond acceptors (Lipinski definition) is 18. The Labute approximate surface area is 538 Å². The van der Waals surface area contributed by atoms with E-state index in [2.05, 4.69) is 19.2 Å². The Hall–Kier alpha value is -1.21. The molecule has 3 saturated heterocycles. The first-order chi connectivity index (χ1) is 43.3. The second kappa shape index (κ2) is 53.0. The zero-order chi connectivity index (χ0) is 64.7. The molecule has 89 heavy (non-hydrogen) atoms. The molecule has 3 rings (SSSR count). The molecular formula is C70H135NO18. The molecule has 1 amide bonds. The highest BCUT2D eigenvalue weighted by Crippen LogP contribution is 2.33. The maximum atomic E-state index is 13.3. The van der Waals surface area contributed by atoms with Gasteiger partial charge in [0.1, 0.15) is 73.2 Å². The van der Waals surface area contributed by atoms with Crippen LogP contribution in [0.5, 0.6) is 0 Å². The molecule has 12 N–H and O–H groups in total. The Morgan fingerprint density at radius 1 is 0.360 bits per heavy atom. The summed E-state index contributed by atoms with van der Waals surface area (Å²) in [6.07, 6.45) is 31.7. The van der Waals surface area contributed by atoms with Crippen molar-refractivity contribution in [1.29, 1.82) is 0 Å². The summed E-state index contributed by atoms with van der Waals surface area (Å²) in [5.41, 5.74) is 0. The summed E-state index contributed by atoms with van der Waals surface area (Å²) >= 11 is 0. The molecule has 0 aromatic carbocycles. The molecule has 0 spiro atoms. The highest BCUT2D eigenvalue weighted by Gasteiger charge is 2.53. The number of aliphatic hydroxyl groups is 11. The van der Waals surface area contributed by atoms with Gasteiger partial charge in [-0.05, 0) is 12.8 Å². The molecule has 17 unspecified atom stereocenters. The molecule has 3 heterocycles. The Morgan fingerprint density at radius 2 is 0.640 bits per heavy atom. The van der Waals surface area contributed by atoms with E-state index in [0.29, 0.717) is 12.8 Å². The van der Waals surface area contributed by atoms with Gasteiger partial charge in [-0.25, -0.2) is 0 Å². The first kappa shape index (κ1) is 82.0. The lowest BCUT2D eigenvalue weighted by Gasteiger charge is -2.48. The molecule has 19 heteroatoms. The Balaban J connectivity index is 1.22. The van der Waals surface area contributed by atoms with Crippen LogP contribution in [0.25, 0.3) is 0 Å². The van der Waals surface area contributed by atoms with Crippen molar-refractivity contribution in [1.82, 2.24) is 5.32 Å². The van der Waals surface area contributed by atoms with Crippen molar-refractivity contribution >= 4 is 5.91 Å². The maximum Gasteiger partial charge on any atom is 0.220 e. The van der Waals surface area contributed by atoms with Gasteiger partial charge in [0.2, 0.25) is 5.91 Å². The highest BCUT2D eigenvalue weighted by molar-refractivity contribution is 5.76. The molecule has 3 fully saturated rings. The summed E-state index contributed by atoms with van der Waals surface area (Å²) in [6, 6.07) is -0.878. The van der Waals surface area contributed by atoms with Crippen molar-refractivity contribution in [2.75, 3.05) is 26.4 Å². The zero-order valence-electron chi connectivity index (χ0n) is 55.9. The van der Waals surface area contributed by atoms with Gasteiger partial charge >= 0.3 is 0 Å². The third kappa shape index (κ3) is 34.9. The number of hydrogen-bond donors (Lipinski definition) is 12. The summed E-state index contributed by atoms with van der Waals surface area (Å²) in [7, 11) is 0. The smallest absolute Gasteiger partial charge is 0.220 e. The van der Waals surface area contributed by atoms with Crippen molar-refractivity contribution in [3.05, 3.63) is 0 Å². The van der Waals surface area contributed by atoms with Crippen LogP contribution in [-0.4, -0.2) is 193 Å². The predicted molar refractivity (Wildman–Crippen MR) is 347 cm³/mol. The minimum absolute atomic E-state index is 0.242. The van der Waals surface area contributed by atoms with Crippen LogP contribution >= 0.6 is 0 Å². The first-order valence-corrected chi connectivity index (χ1v) is 36.8. The molecule has 0 bridgehead atoms. The minimum atomic E-state index is -1.97. The number of ether oxygens (including phenoxy) is 6. The molecule has 0 aromatic rings. The van der Waals surface area contributed by atoms with E-state index in [1.54, 1.807) is 0 Å². The predicted octanol–water partition coefficient (Wildman–Crippen LogP) is 10.3. The molecule has 0 aromatic heterocycles. The zero-order valence-corrected chi connectivity index (χ0v) is 55.9. The average Bonchev–Trinajstić information content (AvgIpc) is 1.10. The van der Waals surface area contributed by atoms with E-state index in [1.165, 1.54) is 218 Å². The Morgan fingerprint density at radius 3 is 0.978 bits per heavy atom. The number of carbonyl (C=O) groups excluding carboxylic acids is 1. The van der Waals surface area contributed by atoms with Crippen molar-refractivity contribution in [3.63, 3.8) is 0 Å². The third-order valence-electron chi connectivity index (χ3n) is 18.9. The lowest BCUT2D eigenvalue weighted by molar-refractivity contribution is -0.379. The topological polar surface area (TPSA) is 307 Å². The van der Waals surface area contributed by atoms with E-state index in [9.17, 15) is 61.0 Å². The molecule has 3 aliphatic rings. The summed E-state index contributed by atoms with van der Waals surface area (Å²) in [6.45, 7) is 1.75. The van der Waals surface area contributed by atoms with Gasteiger partial charge in [0, 0.05) is 6.42 Å². The normalized spacial score (nSPS) is 28.1.